The molecule has 0 radical (unpaired) electrons. The molecule has 0 N–H and O–H groups in total. The minimum Gasteiger partial charge on any atom is -0.350 e. The van der Waals surface area contributed by atoms with Crippen molar-refractivity contribution in [2.75, 3.05) is 19.8 Å². The number of ether oxygens (including phenoxy) is 2. The summed E-state index contributed by atoms with van der Waals surface area (Å²) in [7, 11) is -3.65. The van der Waals surface area contributed by atoms with Crippen LogP contribution in [0, 0.1) is 30.6 Å². The first-order valence-corrected chi connectivity index (χ1v) is 13.6. The molecule has 0 aromatic heterocycles. The molecule has 174 valence electrons. The molecule has 4 rings (SSSR count). The summed E-state index contributed by atoms with van der Waals surface area (Å²) in [5, 5.41) is 0. The summed E-state index contributed by atoms with van der Waals surface area (Å²) < 4.78 is 41.4. The van der Waals surface area contributed by atoms with Gasteiger partial charge in [-0.1, -0.05) is 30.5 Å². The quantitative estimate of drug-likeness (QED) is 0.492. The van der Waals surface area contributed by atoms with E-state index in [-0.39, 0.29) is 11.2 Å². The van der Waals surface area contributed by atoms with Crippen molar-refractivity contribution in [3.05, 3.63) is 29.8 Å². The Labute approximate surface area is 188 Å². The molecule has 1 saturated heterocycles. The molecule has 1 aromatic rings. The van der Waals surface area contributed by atoms with Gasteiger partial charge in [-0.25, -0.2) is 0 Å². The summed E-state index contributed by atoms with van der Waals surface area (Å²) in [6.45, 7) is 3.77. The average molecular weight is 451 g/mol. The van der Waals surface area contributed by atoms with Crippen LogP contribution in [0.5, 0.6) is 0 Å². The van der Waals surface area contributed by atoms with Gasteiger partial charge in [0.15, 0.2) is 6.29 Å². The van der Waals surface area contributed by atoms with E-state index in [4.69, 9.17) is 13.7 Å². The molecule has 3 aliphatic rings. The van der Waals surface area contributed by atoms with Gasteiger partial charge in [0.2, 0.25) is 0 Å². The first-order valence-electron chi connectivity index (χ1n) is 12.2. The molecule has 5 nitrogen and oxygen atoms in total. The lowest BCUT2D eigenvalue weighted by molar-refractivity contribution is -0.0514. The molecule has 6 heteroatoms. The molecule has 2 saturated carbocycles. The molecule has 0 spiro atoms. The van der Waals surface area contributed by atoms with E-state index >= 15 is 0 Å². The van der Waals surface area contributed by atoms with E-state index in [1.165, 1.54) is 44.9 Å². The summed E-state index contributed by atoms with van der Waals surface area (Å²) in [5.74, 6) is 2.86. The molecular formula is C25H38O5S. The summed E-state index contributed by atoms with van der Waals surface area (Å²) in [6, 6.07) is 6.89. The van der Waals surface area contributed by atoms with Gasteiger partial charge in [0, 0.05) is 0 Å². The maximum absolute atomic E-state index is 12.4. The third kappa shape index (κ3) is 6.53. The van der Waals surface area contributed by atoms with Crippen molar-refractivity contribution in [1.29, 1.82) is 0 Å². The van der Waals surface area contributed by atoms with Crippen LogP contribution < -0.4 is 0 Å². The lowest BCUT2D eigenvalue weighted by Crippen LogP contribution is -2.27. The van der Waals surface area contributed by atoms with Crippen molar-refractivity contribution >= 4 is 10.1 Å². The third-order valence-corrected chi connectivity index (χ3v) is 9.02. The highest BCUT2D eigenvalue weighted by atomic mass is 32.2. The van der Waals surface area contributed by atoms with Crippen LogP contribution in [0.15, 0.2) is 29.2 Å². The van der Waals surface area contributed by atoms with E-state index in [9.17, 15) is 8.42 Å². The van der Waals surface area contributed by atoms with Crippen LogP contribution in [0.3, 0.4) is 0 Å². The summed E-state index contributed by atoms with van der Waals surface area (Å²) in [4.78, 5) is 0.259. The van der Waals surface area contributed by atoms with Crippen LogP contribution in [-0.4, -0.2) is 34.5 Å². The van der Waals surface area contributed by atoms with Crippen molar-refractivity contribution in [2.24, 2.45) is 23.7 Å². The standard InChI is InChI=1S/C25H38O5S/c1-19-2-13-24(14-3-19)31(26,27)30-18-21-6-11-23(12-7-21)22-9-4-20(5-10-22)8-15-25-28-16-17-29-25/h2-3,13-14,20-23,25H,4-12,15-18H2,1H3/t20-,21?,22-,23?. The van der Waals surface area contributed by atoms with Crippen LogP contribution in [0.2, 0.25) is 0 Å². The highest BCUT2D eigenvalue weighted by Crippen LogP contribution is 2.42. The Morgan fingerprint density at radius 3 is 1.94 bits per heavy atom. The van der Waals surface area contributed by atoms with E-state index < -0.39 is 10.1 Å². The summed E-state index contributed by atoms with van der Waals surface area (Å²) >= 11 is 0. The number of rotatable bonds is 8. The SMILES string of the molecule is Cc1ccc(S(=O)(=O)OCC2CCC([C@H]3CC[C@H](CCC4OCCO4)CC3)CC2)cc1. The minimum absolute atomic E-state index is 0.0463. The van der Waals surface area contributed by atoms with Gasteiger partial charge >= 0.3 is 0 Å². The predicted octanol–water partition coefficient (Wildman–Crippen LogP) is 5.47. The van der Waals surface area contributed by atoms with Crippen LogP contribution in [0.4, 0.5) is 0 Å². The Kier molecular flexibility index (Phi) is 8.07. The smallest absolute Gasteiger partial charge is 0.296 e. The predicted molar refractivity (Wildman–Crippen MR) is 120 cm³/mol. The zero-order chi connectivity index (χ0) is 21.7. The Balaban J connectivity index is 1.14. The van der Waals surface area contributed by atoms with Crippen molar-refractivity contribution in [1.82, 2.24) is 0 Å². The lowest BCUT2D eigenvalue weighted by atomic mass is 9.69. The zero-order valence-corrected chi connectivity index (χ0v) is 19.7. The number of hydrogen-bond acceptors (Lipinski definition) is 5. The Bertz CT molecular complexity index is 769. The Morgan fingerprint density at radius 1 is 0.806 bits per heavy atom. The molecule has 1 heterocycles. The second-order valence-electron chi connectivity index (χ2n) is 9.86. The maximum atomic E-state index is 12.4. The molecule has 1 aromatic carbocycles. The van der Waals surface area contributed by atoms with Crippen molar-refractivity contribution < 1.29 is 22.1 Å². The van der Waals surface area contributed by atoms with E-state index in [2.05, 4.69) is 0 Å². The molecule has 2 aliphatic carbocycles. The van der Waals surface area contributed by atoms with Crippen LogP contribution in [-0.2, 0) is 23.8 Å². The second kappa shape index (κ2) is 10.8. The molecule has 3 fully saturated rings. The highest BCUT2D eigenvalue weighted by molar-refractivity contribution is 7.86. The number of benzene rings is 1. The van der Waals surface area contributed by atoms with Gasteiger partial charge in [-0.15, -0.1) is 0 Å². The van der Waals surface area contributed by atoms with Gasteiger partial charge in [-0.3, -0.25) is 4.18 Å². The Hall–Kier alpha value is -0.950. The monoisotopic (exact) mass is 450 g/mol. The normalized spacial score (nSPS) is 30.5. The van der Waals surface area contributed by atoms with Crippen LogP contribution >= 0.6 is 0 Å². The van der Waals surface area contributed by atoms with Crippen LogP contribution in [0.25, 0.3) is 0 Å². The average Bonchev–Trinajstić information content (AvgIpc) is 3.31. The fourth-order valence-electron chi connectivity index (χ4n) is 5.68. The number of hydrogen-bond donors (Lipinski definition) is 0. The van der Waals surface area contributed by atoms with E-state index in [0.717, 1.165) is 55.8 Å². The first kappa shape index (κ1) is 23.2. The molecule has 0 atom stereocenters. The molecule has 0 amide bonds. The van der Waals surface area contributed by atoms with Crippen LogP contribution in [0.1, 0.15) is 69.8 Å². The lowest BCUT2D eigenvalue weighted by Gasteiger charge is -2.38. The van der Waals surface area contributed by atoms with Gasteiger partial charge < -0.3 is 9.47 Å². The van der Waals surface area contributed by atoms with Gasteiger partial charge in [0.05, 0.1) is 24.7 Å². The fourth-order valence-corrected chi connectivity index (χ4v) is 6.66. The highest BCUT2D eigenvalue weighted by Gasteiger charge is 2.32. The van der Waals surface area contributed by atoms with Crippen molar-refractivity contribution in [3.8, 4) is 0 Å². The van der Waals surface area contributed by atoms with E-state index in [0.29, 0.717) is 12.5 Å². The fraction of sp³-hybridized carbons (Fsp3) is 0.760. The zero-order valence-electron chi connectivity index (χ0n) is 18.8. The topological polar surface area (TPSA) is 61.8 Å². The van der Waals surface area contributed by atoms with Gasteiger partial charge in [0.25, 0.3) is 10.1 Å². The van der Waals surface area contributed by atoms with Crippen molar-refractivity contribution in [3.63, 3.8) is 0 Å². The minimum atomic E-state index is -3.65. The van der Waals surface area contributed by atoms with Crippen molar-refractivity contribution in [2.45, 2.75) is 82.3 Å². The van der Waals surface area contributed by atoms with E-state index in [1.807, 2.05) is 19.1 Å². The van der Waals surface area contributed by atoms with Gasteiger partial charge in [-0.2, -0.15) is 8.42 Å². The Morgan fingerprint density at radius 2 is 1.35 bits per heavy atom. The van der Waals surface area contributed by atoms with Gasteiger partial charge in [0.1, 0.15) is 0 Å². The largest absolute Gasteiger partial charge is 0.350 e. The first-order chi connectivity index (χ1) is 15.0. The molecule has 1 aliphatic heterocycles. The molecular weight excluding hydrogens is 412 g/mol. The molecule has 31 heavy (non-hydrogen) atoms. The summed E-state index contributed by atoms with van der Waals surface area (Å²) in [6.07, 6.45) is 12.3. The maximum Gasteiger partial charge on any atom is 0.296 e. The molecule has 0 unspecified atom stereocenters. The van der Waals surface area contributed by atoms with E-state index in [1.54, 1.807) is 12.1 Å². The molecule has 0 bridgehead atoms. The van der Waals surface area contributed by atoms with Gasteiger partial charge in [-0.05, 0) is 94.1 Å². The number of aryl methyl sites for hydroxylation is 1. The summed E-state index contributed by atoms with van der Waals surface area (Å²) in [5.41, 5.74) is 1.04. The second-order valence-corrected chi connectivity index (χ2v) is 11.5. The third-order valence-electron chi connectivity index (χ3n) is 7.72.